The van der Waals surface area contributed by atoms with Crippen molar-refractivity contribution in [2.24, 2.45) is 5.73 Å². The Kier molecular flexibility index (Phi) is 6.16. The van der Waals surface area contributed by atoms with E-state index in [9.17, 15) is 18.8 Å². The topological polar surface area (TPSA) is 113 Å². The van der Waals surface area contributed by atoms with Gasteiger partial charge in [-0.3, -0.25) is 14.4 Å². The summed E-state index contributed by atoms with van der Waals surface area (Å²) in [6.07, 6.45) is 1.81. The summed E-state index contributed by atoms with van der Waals surface area (Å²) in [5.41, 5.74) is 6.88. The Morgan fingerprint density at radius 3 is 2.49 bits per heavy atom. The largest absolute Gasteiger partial charge is 0.364 e. The van der Waals surface area contributed by atoms with Crippen LogP contribution in [0.4, 0.5) is 4.39 Å². The van der Waals surface area contributed by atoms with Gasteiger partial charge in [-0.15, -0.1) is 0 Å². The Hall–Kier alpha value is -3.50. The molecule has 1 aromatic carbocycles. The van der Waals surface area contributed by atoms with Crippen molar-refractivity contribution in [1.29, 1.82) is 0 Å². The van der Waals surface area contributed by atoms with Gasteiger partial charge in [0.15, 0.2) is 0 Å². The molecular weight excluding hydrogens is 475 g/mol. The minimum Gasteiger partial charge on any atom is -0.364 e. The molecule has 0 saturated carbocycles. The summed E-state index contributed by atoms with van der Waals surface area (Å²) in [5, 5.41) is 7.96. The fourth-order valence-electron chi connectivity index (χ4n) is 4.64. The predicted molar refractivity (Wildman–Crippen MR) is 128 cm³/mol. The predicted octanol–water partition coefficient (Wildman–Crippen LogP) is 1.93. The molecule has 3 aromatic rings. The Morgan fingerprint density at radius 1 is 1.06 bits per heavy atom. The van der Waals surface area contributed by atoms with E-state index in [2.05, 4.69) is 10.4 Å². The molecule has 5 rings (SSSR count). The molecule has 4 heterocycles. The zero-order chi connectivity index (χ0) is 24.7. The average molecular weight is 499 g/mol. The van der Waals surface area contributed by atoms with Crippen LogP contribution >= 0.6 is 11.6 Å². The number of halogens is 2. The lowest BCUT2D eigenvalue weighted by Gasteiger charge is -2.36. The van der Waals surface area contributed by atoms with E-state index in [0.29, 0.717) is 48.0 Å². The molecular formula is C24H24ClFN6O3. The molecule has 2 fully saturated rings. The third kappa shape index (κ3) is 4.35. The van der Waals surface area contributed by atoms with Gasteiger partial charge in [0.05, 0.1) is 27.8 Å². The SMILES string of the molecule is NC(=O)c1cc(Cl)c2ccc(-c3ccc(F)c(C(=O)N4CCN(C(=O)[C@@H]5CCCN5)CC4)c3)nn12. The summed E-state index contributed by atoms with van der Waals surface area (Å²) in [6, 6.07) is 8.81. The number of fused-ring (bicyclic) bond motifs is 1. The first kappa shape index (κ1) is 23.3. The van der Waals surface area contributed by atoms with Crippen LogP contribution in [-0.2, 0) is 4.79 Å². The van der Waals surface area contributed by atoms with E-state index in [-0.39, 0.29) is 23.2 Å². The molecule has 2 aliphatic rings. The lowest BCUT2D eigenvalue weighted by atomic mass is 10.1. The van der Waals surface area contributed by atoms with Crippen LogP contribution in [0.2, 0.25) is 5.02 Å². The van der Waals surface area contributed by atoms with E-state index in [4.69, 9.17) is 17.3 Å². The maximum absolute atomic E-state index is 14.7. The second kappa shape index (κ2) is 9.27. The van der Waals surface area contributed by atoms with Gasteiger partial charge >= 0.3 is 0 Å². The first-order chi connectivity index (χ1) is 16.8. The van der Waals surface area contributed by atoms with Crippen LogP contribution in [0.3, 0.4) is 0 Å². The van der Waals surface area contributed by atoms with E-state index in [1.165, 1.54) is 28.8 Å². The molecule has 0 bridgehead atoms. The van der Waals surface area contributed by atoms with Gasteiger partial charge in [-0.1, -0.05) is 11.6 Å². The molecule has 3 amide bonds. The molecule has 11 heteroatoms. The maximum Gasteiger partial charge on any atom is 0.267 e. The molecule has 2 saturated heterocycles. The van der Waals surface area contributed by atoms with Gasteiger partial charge in [-0.05, 0) is 55.8 Å². The molecule has 2 aromatic heterocycles. The molecule has 182 valence electrons. The number of aromatic nitrogens is 2. The number of nitrogens with one attached hydrogen (secondary N) is 1. The highest BCUT2D eigenvalue weighted by Crippen LogP contribution is 2.26. The molecule has 35 heavy (non-hydrogen) atoms. The number of amides is 3. The molecule has 2 aliphatic heterocycles. The van der Waals surface area contributed by atoms with E-state index >= 15 is 0 Å². The fourth-order valence-corrected chi connectivity index (χ4v) is 4.88. The minimum atomic E-state index is -0.687. The van der Waals surface area contributed by atoms with Crippen LogP contribution in [0.15, 0.2) is 36.4 Å². The van der Waals surface area contributed by atoms with Crippen molar-refractivity contribution in [3.05, 3.63) is 58.5 Å². The van der Waals surface area contributed by atoms with Crippen molar-refractivity contribution < 1.29 is 18.8 Å². The number of piperazine rings is 1. The van der Waals surface area contributed by atoms with E-state index in [1.807, 2.05) is 0 Å². The number of hydrogen-bond donors (Lipinski definition) is 2. The summed E-state index contributed by atoms with van der Waals surface area (Å²) >= 11 is 6.16. The second-order valence-corrected chi connectivity index (χ2v) is 9.13. The minimum absolute atomic E-state index is 0.0599. The first-order valence-corrected chi connectivity index (χ1v) is 11.8. The number of carbonyl (C=O) groups excluding carboxylic acids is 3. The standard InChI is InChI=1S/C24H24ClFN6O3/c25-16-13-21(22(27)33)32-20(16)6-5-18(29-32)14-3-4-17(26)15(12-14)23(34)30-8-10-31(11-9-30)24(35)19-2-1-7-28-19/h3-6,12-13,19,28H,1-2,7-11H2,(H2,27,33)/t19-/m0/s1. The monoisotopic (exact) mass is 498 g/mol. The summed E-state index contributed by atoms with van der Waals surface area (Å²) in [7, 11) is 0. The van der Waals surface area contributed by atoms with Gasteiger partial charge in [0.25, 0.3) is 11.8 Å². The lowest BCUT2D eigenvalue weighted by Crippen LogP contribution is -2.54. The fraction of sp³-hybridized carbons (Fsp3) is 0.333. The number of rotatable bonds is 4. The maximum atomic E-state index is 14.7. The Bertz CT molecular complexity index is 1330. The molecule has 9 nitrogen and oxygen atoms in total. The smallest absolute Gasteiger partial charge is 0.267 e. The van der Waals surface area contributed by atoms with Crippen molar-refractivity contribution in [3.63, 3.8) is 0 Å². The Balaban J connectivity index is 1.36. The molecule has 0 radical (unpaired) electrons. The summed E-state index contributed by atoms with van der Waals surface area (Å²) < 4.78 is 16.0. The van der Waals surface area contributed by atoms with Crippen LogP contribution < -0.4 is 11.1 Å². The van der Waals surface area contributed by atoms with Crippen LogP contribution in [-0.4, -0.2) is 75.9 Å². The molecule has 0 spiro atoms. The van der Waals surface area contributed by atoms with Crippen LogP contribution in [0, 0.1) is 5.82 Å². The normalized spacial score (nSPS) is 18.3. The van der Waals surface area contributed by atoms with E-state index in [0.717, 1.165) is 19.4 Å². The zero-order valence-electron chi connectivity index (χ0n) is 18.8. The van der Waals surface area contributed by atoms with Crippen molar-refractivity contribution in [2.45, 2.75) is 18.9 Å². The van der Waals surface area contributed by atoms with E-state index < -0.39 is 17.6 Å². The van der Waals surface area contributed by atoms with Crippen LogP contribution in [0.5, 0.6) is 0 Å². The van der Waals surface area contributed by atoms with Gasteiger partial charge in [0.1, 0.15) is 11.5 Å². The van der Waals surface area contributed by atoms with Crippen molar-refractivity contribution in [3.8, 4) is 11.3 Å². The molecule has 1 atom stereocenters. The second-order valence-electron chi connectivity index (χ2n) is 8.72. The lowest BCUT2D eigenvalue weighted by molar-refractivity contribution is -0.134. The highest BCUT2D eigenvalue weighted by atomic mass is 35.5. The number of primary amides is 1. The summed E-state index contributed by atoms with van der Waals surface area (Å²) in [5.74, 6) is -1.72. The molecule has 0 aliphatic carbocycles. The third-order valence-electron chi connectivity index (χ3n) is 6.55. The quantitative estimate of drug-likeness (QED) is 0.570. The number of benzene rings is 1. The van der Waals surface area contributed by atoms with E-state index in [1.54, 1.807) is 21.9 Å². The number of carbonyl (C=O) groups is 3. The summed E-state index contributed by atoms with van der Waals surface area (Å²) in [4.78, 5) is 40.9. The van der Waals surface area contributed by atoms with Gasteiger partial charge < -0.3 is 20.9 Å². The molecule has 0 unspecified atom stereocenters. The number of nitrogens with zero attached hydrogens (tertiary/aromatic N) is 4. The third-order valence-corrected chi connectivity index (χ3v) is 6.86. The Morgan fingerprint density at radius 2 is 1.80 bits per heavy atom. The van der Waals surface area contributed by atoms with Crippen molar-refractivity contribution >= 4 is 34.8 Å². The zero-order valence-corrected chi connectivity index (χ0v) is 19.6. The highest BCUT2D eigenvalue weighted by molar-refractivity contribution is 6.34. The van der Waals surface area contributed by atoms with Crippen LogP contribution in [0.1, 0.15) is 33.7 Å². The summed E-state index contributed by atoms with van der Waals surface area (Å²) in [6.45, 7) is 2.32. The van der Waals surface area contributed by atoms with Gasteiger partial charge in [-0.2, -0.15) is 5.10 Å². The molecule has 3 N–H and O–H groups in total. The number of nitrogens with two attached hydrogens (primary N) is 1. The van der Waals surface area contributed by atoms with Gasteiger partial charge in [-0.25, -0.2) is 8.91 Å². The average Bonchev–Trinajstić information content (AvgIpc) is 3.52. The Labute approximate surface area is 205 Å². The highest BCUT2D eigenvalue weighted by Gasteiger charge is 2.31. The van der Waals surface area contributed by atoms with Gasteiger partial charge in [0.2, 0.25) is 5.91 Å². The first-order valence-electron chi connectivity index (χ1n) is 11.4. The van der Waals surface area contributed by atoms with Crippen molar-refractivity contribution in [2.75, 3.05) is 32.7 Å². The number of hydrogen-bond acceptors (Lipinski definition) is 5. The van der Waals surface area contributed by atoms with Crippen LogP contribution in [0.25, 0.3) is 16.8 Å². The van der Waals surface area contributed by atoms with Crippen molar-refractivity contribution in [1.82, 2.24) is 24.7 Å². The van der Waals surface area contributed by atoms with Gasteiger partial charge in [0, 0.05) is 31.7 Å².